The second-order valence-electron chi connectivity index (χ2n) is 3.16. The molecule has 0 saturated heterocycles. The minimum absolute atomic E-state index is 0.394. The van der Waals surface area contributed by atoms with Crippen molar-refractivity contribution < 1.29 is 30.0 Å². The van der Waals surface area contributed by atoms with Crippen molar-refractivity contribution in [2.45, 2.75) is 32.2 Å². The van der Waals surface area contributed by atoms with E-state index >= 15 is 0 Å². The van der Waals surface area contributed by atoms with Gasteiger partial charge in [-0.1, -0.05) is 6.92 Å². The molecule has 0 aromatic heterocycles. The summed E-state index contributed by atoms with van der Waals surface area (Å²) in [5.41, 5.74) is 0. The number of carbonyl (C=O) groups is 2. The van der Waals surface area contributed by atoms with E-state index in [1.54, 1.807) is 0 Å². The van der Waals surface area contributed by atoms with E-state index in [4.69, 9.17) is 15.3 Å². The van der Waals surface area contributed by atoms with Gasteiger partial charge in [-0.2, -0.15) is 0 Å². The molecule has 4 N–H and O–H groups in total. The van der Waals surface area contributed by atoms with Crippen LogP contribution in [0.15, 0.2) is 0 Å². The Morgan fingerprint density at radius 1 is 1.07 bits per heavy atom. The molecule has 0 aliphatic heterocycles. The minimum Gasteiger partial charge on any atom is -0.479 e. The number of hydrogen-bond donors (Lipinski definition) is 4. The zero-order chi connectivity index (χ0) is 11.5. The lowest BCUT2D eigenvalue weighted by atomic mass is 9.93. The maximum absolute atomic E-state index is 10.8. The molecule has 0 aromatic carbocycles. The molecule has 6 heteroatoms. The van der Waals surface area contributed by atoms with Gasteiger partial charge in [0.1, 0.15) is 11.9 Å². The van der Waals surface area contributed by atoms with Gasteiger partial charge in [-0.15, -0.1) is 0 Å². The van der Waals surface area contributed by atoms with Gasteiger partial charge in [0, 0.05) is 5.92 Å². The second-order valence-corrected chi connectivity index (χ2v) is 3.16. The summed E-state index contributed by atoms with van der Waals surface area (Å²) in [5.74, 6) is -2.96. The molecule has 6 nitrogen and oxygen atoms in total. The maximum Gasteiger partial charge on any atom is 0.335 e. The molecule has 0 rings (SSSR count). The summed E-state index contributed by atoms with van der Waals surface area (Å²) in [6.45, 7) is 2.54. The van der Waals surface area contributed by atoms with Crippen molar-refractivity contribution in [3.63, 3.8) is 0 Å². The smallest absolute Gasteiger partial charge is 0.335 e. The van der Waals surface area contributed by atoms with Crippen molar-refractivity contribution in [1.82, 2.24) is 0 Å². The number of carboxylic acid groups (broad SMARTS) is 1. The maximum atomic E-state index is 10.8. The van der Waals surface area contributed by atoms with E-state index in [2.05, 4.69) is 0 Å². The average molecular weight is 206 g/mol. The average Bonchev–Trinajstić information content (AvgIpc) is 2.12. The molecular weight excluding hydrogens is 192 g/mol. The summed E-state index contributed by atoms with van der Waals surface area (Å²) < 4.78 is 0. The predicted molar refractivity (Wildman–Crippen MR) is 45.5 cm³/mol. The molecule has 0 saturated carbocycles. The first-order valence-corrected chi connectivity index (χ1v) is 4.06. The molecule has 4 unspecified atom stereocenters. The molecule has 4 atom stereocenters. The summed E-state index contributed by atoms with van der Waals surface area (Å²) in [6.07, 6.45) is -5.54. The van der Waals surface area contributed by atoms with Gasteiger partial charge in [0.25, 0.3) is 0 Å². The lowest BCUT2D eigenvalue weighted by molar-refractivity contribution is -0.161. The Morgan fingerprint density at radius 2 is 1.50 bits per heavy atom. The summed E-state index contributed by atoms with van der Waals surface area (Å²) in [5, 5.41) is 35.6. The van der Waals surface area contributed by atoms with E-state index < -0.39 is 36.0 Å². The molecule has 0 heterocycles. The minimum atomic E-state index is -2.09. The standard InChI is InChI=1S/C8H14O6/c1-3(4(2)9)5(10)6(11)7(12)8(13)14/h3,5-7,10-12H,1-2H3,(H,13,14). The number of rotatable bonds is 5. The Kier molecular flexibility index (Phi) is 4.69. The van der Waals surface area contributed by atoms with E-state index in [0.29, 0.717) is 0 Å². The fourth-order valence-corrected chi connectivity index (χ4v) is 0.869. The van der Waals surface area contributed by atoms with Gasteiger partial charge in [0.15, 0.2) is 6.10 Å². The van der Waals surface area contributed by atoms with E-state index in [1.807, 2.05) is 0 Å². The Morgan fingerprint density at radius 3 is 1.79 bits per heavy atom. The zero-order valence-electron chi connectivity index (χ0n) is 7.91. The van der Waals surface area contributed by atoms with Gasteiger partial charge in [0.2, 0.25) is 0 Å². The van der Waals surface area contributed by atoms with Crippen molar-refractivity contribution in [1.29, 1.82) is 0 Å². The number of carbonyl (C=O) groups excluding carboxylic acids is 1. The van der Waals surface area contributed by atoms with Crippen molar-refractivity contribution in [3.05, 3.63) is 0 Å². The molecule has 0 amide bonds. The van der Waals surface area contributed by atoms with Gasteiger partial charge in [-0.25, -0.2) is 4.79 Å². The van der Waals surface area contributed by atoms with Crippen LogP contribution in [0.2, 0.25) is 0 Å². The first kappa shape index (κ1) is 13.0. The molecule has 0 aliphatic rings. The van der Waals surface area contributed by atoms with Crippen LogP contribution in [0.5, 0.6) is 0 Å². The molecule has 0 radical (unpaired) electrons. The molecule has 82 valence electrons. The number of aliphatic carboxylic acids is 1. The van der Waals surface area contributed by atoms with E-state index in [1.165, 1.54) is 13.8 Å². The third-order valence-corrected chi connectivity index (χ3v) is 2.08. The summed E-state index contributed by atoms with van der Waals surface area (Å²) >= 11 is 0. The van der Waals surface area contributed by atoms with E-state index in [0.717, 1.165) is 0 Å². The molecule has 0 fully saturated rings. The van der Waals surface area contributed by atoms with Gasteiger partial charge in [-0.05, 0) is 6.92 Å². The number of aliphatic hydroxyl groups excluding tert-OH is 3. The third kappa shape index (κ3) is 3.06. The van der Waals surface area contributed by atoms with Crippen LogP contribution in [-0.4, -0.2) is 50.5 Å². The largest absolute Gasteiger partial charge is 0.479 e. The highest BCUT2D eigenvalue weighted by molar-refractivity contribution is 5.79. The first-order chi connectivity index (χ1) is 6.29. The normalized spacial score (nSPS) is 19.5. The van der Waals surface area contributed by atoms with Crippen LogP contribution < -0.4 is 0 Å². The van der Waals surface area contributed by atoms with Crippen LogP contribution in [0.1, 0.15) is 13.8 Å². The Bertz CT molecular complexity index is 202. The lowest BCUT2D eigenvalue weighted by Crippen LogP contribution is -2.46. The molecule has 0 aromatic rings. The van der Waals surface area contributed by atoms with Crippen molar-refractivity contribution in [3.8, 4) is 0 Å². The first-order valence-electron chi connectivity index (χ1n) is 4.06. The Balaban J connectivity index is 4.45. The molecule has 0 aliphatic carbocycles. The quantitative estimate of drug-likeness (QED) is 0.429. The van der Waals surface area contributed by atoms with Crippen molar-refractivity contribution in [2.75, 3.05) is 0 Å². The lowest BCUT2D eigenvalue weighted by Gasteiger charge is -2.23. The SMILES string of the molecule is CC(=O)C(C)C(O)C(O)C(O)C(=O)O. The highest BCUT2D eigenvalue weighted by Crippen LogP contribution is 2.11. The fraction of sp³-hybridized carbons (Fsp3) is 0.750. The van der Waals surface area contributed by atoms with Gasteiger partial charge in [0.05, 0.1) is 6.10 Å². The summed E-state index contributed by atoms with van der Waals surface area (Å²) in [4.78, 5) is 21.0. The van der Waals surface area contributed by atoms with Crippen molar-refractivity contribution >= 4 is 11.8 Å². The fourth-order valence-electron chi connectivity index (χ4n) is 0.869. The third-order valence-electron chi connectivity index (χ3n) is 2.08. The molecular formula is C8H14O6. The van der Waals surface area contributed by atoms with Gasteiger partial charge in [-0.3, -0.25) is 4.79 Å². The molecule has 14 heavy (non-hydrogen) atoms. The number of hydrogen-bond acceptors (Lipinski definition) is 5. The molecule has 0 spiro atoms. The van der Waals surface area contributed by atoms with Gasteiger partial charge < -0.3 is 20.4 Å². The summed E-state index contributed by atoms with van der Waals surface area (Å²) in [6, 6.07) is 0. The van der Waals surface area contributed by atoms with Crippen LogP contribution in [0.3, 0.4) is 0 Å². The topological polar surface area (TPSA) is 115 Å². The highest BCUT2D eigenvalue weighted by atomic mass is 16.4. The Hall–Kier alpha value is -0.980. The van der Waals surface area contributed by atoms with Crippen LogP contribution in [0, 0.1) is 5.92 Å². The number of carboxylic acids is 1. The van der Waals surface area contributed by atoms with Gasteiger partial charge >= 0.3 is 5.97 Å². The van der Waals surface area contributed by atoms with Crippen molar-refractivity contribution in [2.24, 2.45) is 5.92 Å². The Labute approximate surface area is 80.8 Å². The predicted octanol–water partition coefficient (Wildman–Crippen LogP) is -1.62. The zero-order valence-corrected chi connectivity index (χ0v) is 7.91. The van der Waals surface area contributed by atoms with Crippen LogP contribution >= 0.6 is 0 Å². The van der Waals surface area contributed by atoms with E-state index in [9.17, 15) is 14.7 Å². The second kappa shape index (κ2) is 5.04. The van der Waals surface area contributed by atoms with E-state index in [-0.39, 0.29) is 0 Å². The summed E-state index contributed by atoms with van der Waals surface area (Å²) in [7, 11) is 0. The number of ketones is 1. The number of Topliss-reactive ketones (excluding diaryl/α,β-unsaturated/α-hetero) is 1. The molecule has 0 bridgehead atoms. The van der Waals surface area contributed by atoms with Crippen LogP contribution in [-0.2, 0) is 9.59 Å². The number of aliphatic hydroxyl groups is 3. The monoisotopic (exact) mass is 206 g/mol. The highest BCUT2D eigenvalue weighted by Gasteiger charge is 2.34. The van der Waals surface area contributed by atoms with Crippen LogP contribution in [0.4, 0.5) is 0 Å². The van der Waals surface area contributed by atoms with Crippen LogP contribution in [0.25, 0.3) is 0 Å².